The Morgan fingerprint density at radius 1 is 1.44 bits per heavy atom. The summed E-state index contributed by atoms with van der Waals surface area (Å²) < 4.78 is 24.0. The van der Waals surface area contributed by atoms with Gasteiger partial charge in [-0.1, -0.05) is 25.1 Å². The zero-order valence-electron chi connectivity index (χ0n) is 10.5. The first-order chi connectivity index (χ1) is 8.45. The third-order valence-corrected chi connectivity index (χ3v) is 5.66. The molecule has 3 N–H and O–H groups in total. The first-order valence-electron chi connectivity index (χ1n) is 6.20. The Hall–Kier alpha value is -0.910. The minimum atomic E-state index is -3.26. The van der Waals surface area contributed by atoms with Crippen molar-refractivity contribution in [1.82, 2.24) is 0 Å². The lowest BCUT2D eigenvalue weighted by atomic mass is 9.77. The molecule has 1 aromatic rings. The minimum Gasteiger partial charge on any atom is -0.385 e. The summed E-state index contributed by atoms with van der Waals surface area (Å²) in [4.78, 5) is 0.255. The van der Waals surface area contributed by atoms with Crippen LogP contribution in [0.15, 0.2) is 29.2 Å². The summed E-state index contributed by atoms with van der Waals surface area (Å²) in [6, 6.07) is 6.71. The molecular weight excluding hydrogens is 250 g/mol. The maximum atomic E-state index is 12.0. The van der Waals surface area contributed by atoms with Gasteiger partial charge in [0.15, 0.2) is 9.84 Å². The Morgan fingerprint density at radius 2 is 2.11 bits per heavy atom. The molecular formula is C13H19NO3S. The molecule has 0 aliphatic carbocycles. The quantitative estimate of drug-likeness (QED) is 0.859. The lowest BCUT2D eigenvalue weighted by molar-refractivity contribution is -0.0299. The van der Waals surface area contributed by atoms with Gasteiger partial charge in [-0.05, 0) is 25.5 Å². The molecule has 0 saturated carbocycles. The van der Waals surface area contributed by atoms with Crippen LogP contribution in [0.3, 0.4) is 0 Å². The normalized spacial score (nSPS) is 27.5. The second-order valence-electron chi connectivity index (χ2n) is 4.83. The van der Waals surface area contributed by atoms with Crippen LogP contribution in [0.25, 0.3) is 0 Å². The summed E-state index contributed by atoms with van der Waals surface area (Å²) in [6.07, 6.45) is 0.948. The highest BCUT2D eigenvalue weighted by atomic mass is 32.2. The Kier molecular flexibility index (Phi) is 3.49. The van der Waals surface area contributed by atoms with Crippen LogP contribution in [-0.2, 0) is 15.4 Å². The minimum absolute atomic E-state index is 0.0169. The van der Waals surface area contributed by atoms with Gasteiger partial charge in [-0.2, -0.15) is 0 Å². The molecule has 1 heterocycles. The third kappa shape index (κ3) is 1.96. The van der Waals surface area contributed by atoms with Crippen LogP contribution < -0.4 is 5.73 Å². The highest BCUT2D eigenvalue weighted by Crippen LogP contribution is 2.42. The van der Waals surface area contributed by atoms with E-state index < -0.39 is 15.4 Å². The topological polar surface area (TPSA) is 80.4 Å². The van der Waals surface area contributed by atoms with E-state index >= 15 is 0 Å². The van der Waals surface area contributed by atoms with E-state index in [0.29, 0.717) is 12.1 Å². The van der Waals surface area contributed by atoms with Crippen molar-refractivity contribution < 1.29 is 13.5 Å². The summed E-state index contributed by atoms with van der Waals surface area (Å²) >= 11 is 0. The maximum Gasteiger partial charge on any atom is 0.178 e. The van der Waals surface area contributed by atoms with Crippen LogP contribution in [-0.4, -0.2) is 25.8 Å². The molecule has 0 amide bonds. The number of rotatable bonds is 3. The number of nitrogens with two attached hydrogens (primary N) is 1. The maximum absolute atomic E-state index is 12.0. The summed E-state index contributed by atoms with van der Waals surface area (Å²) in [5.74, 6) is -0.133. The number of sulfone groups is 1. The monoisotopic (exact) mass is 269 g/mol. The molecule has 1 aromatic carbocycles. The van der Waals surface area contributed by atoms with E-state index in [4.69, 9.17) is 5.73 Å². The van der Waals surface area contributed by atoms with Crippen LogP contribution in [0, 0.1) is 5.92 Å². The number of benzene rings is 1. The first kappa shape index (κ1) is 13.5. The van der Waals surface area contributed by atoms with Gasteiger partial charge >= 0.3 is 0 Å². The van der Waals surface area contributed by atoms with Gasteiger partial charge in [0, 0.05) is 11.5 Å². The van der Waals surface area contributed by atoms with Crippen LogP contribution in [0.1, 0.15) is 25.3 Å². The van der Waals surface area contributed by atoms with E-state index in [-0.39, 0.29) is 23.0 Å². The number of hydrogen-bond donors (Lipinski definition) is 2. The van der Waals surface area contributed by atoms with Crippen molar-refractivity contribution in [3.8, 4) is 0 Å². The highest BCUT2D eigenvalue weighted by molar-refractivity contribution is 7.91. The molecule has 4 nitrogen and oxygen atoms in total. The van der Waals surface area contributed by atoms with Gasteiger partial charge in [0.1, 0.15) is 0 Å². The Labute approximate surface area is 108 Å². The van der Waals surface area contributed by atoms with Gasteiger partial charge in [-0.25, -0.2) is 8.42 Å². The second kappa shape index (κ2) is 4.64. The van der Waals surface area contributed by atoms with Gasteiger partial charge in [-0.3, -0.25) is 0 Å². The van der Waals surface area contributed by atoms with E-state index in [1.807, 2.05) is 6.92 Å². The van der Waals surface area contributed by atoms with Crippen molar-refractivity contribution in [3.05, 3.63) is 29.8 Å². The second-order valence-corrected chi connectivity index (χ2v) is 6.91. The smallest absolute Gasteiger partial charge is 0.178 e. The first-order valence-corrected chi connectivity index (χ1v) is 7.85. The molecule has 1 aliphatic heterocycles. The standard InChI is InChI=1S/C13H19NO3S/c1-2-10(9-14)13(15)7-8-18(16,17)12-6-4-3-5-11(12)13/h3-6,10,15H,2,7-9,14H2,1H3. The molecule has 2 unspecified atom stereocenters. The molecule has 0 saturated heterocycles. The number of aliphatic hydroxyl groups is 1. The van der Waals surface area contributed by atoms with E-state index in [0.717, 1.165) is 6.42 Å². The third-order valence-electron chi connectivity index (χ3n) is 3.89. The van der Waals surface area contributed by atoms with Crippen molar-refractivity contribution in [2.24, 2.45) is 11.7 Å². The summed E-state index contributed by atoms with van der Waals surface area (Å²) in [6.45, 7) is 2.31. The molecule has 18 heavy (non-hydrogen) atoms. The summed E-state index contributed by atoms with van der Waals surface area (Å²) in [5.41, 5.74) is 5.10. The molecule has 1 aliphatic rings. The van der Waals surface area contributed by atoms with Crippen molar-refractivity contribution >= 4 is 9.84 Å². The average Bonchev–Trinajstić information content (AvgIpc) is 2.37. The van der Waals surface area contributed by atoms with E-state index in [1.165, 1.54) is 0 Å². The van der Waals surface area contributed by atoms with Gasteiger partial charge in [-0.15, -0.1) is 0 Å². The van der Waals surface area contributed by atoms with Gasteiger partial charge in [0.2, 0.25) is 0 Å². The van der Waals surface area contributed by atoms with Crippen LogP contribution in [0.5, 0.6) is 0 Å². The van der Waals surface area contributed by atoms with Crippen LogP contribution >= 0.6 is 0 Å². The molecule has 0 bridgehead atoms. The van der Waals surface area contributed by atoms with E-state index in [1.54, 1.807) is 24.3 Å². The fraction of sp³-hybridized carbons (Fsp3) is 0.538. The van der Waals surface area contributed by atoms with Gasteiger partial charge in [0.05, 0.1) is 16.2 Å². The van der Waals surface area contributed by atoms with Crippen molar-refractivity contribution in [2.45, 2.75) is 30.3 Å². The van der Waals surface area contributed by atoms with Gasteiger partial charge in [0.25, 0.3) is 0 Å². The highest BCUT2D eigenvalue weighted by Gasteiger charge is 2.44. The molecule has 5 heteroatoms. The summed E-state index contributed by atoms with van der Waals surface area (Å²) in [5, 5.41) is 10.9. The lowest BCUT2D eigenvalue weighted by Crippen LogP contribution is -2.44. The van der Waals surface area contributed by atoms with Crippen molar-refractivity contribution in [3.63, 3.8) is 0 Å². The largest absolute Gasteiger partial charge is 0.385 e. The fourth-order valence-electron chi connectivity index (χ4n) is 2.75. The molecule has 100 valence electrons. The van der Waals surface area contributed by atoms with Crippen LogP contribution in [0.2, 0.25) is 0 Å². The van der Waals surface area contributed by atoms with Crippen LogP contribution in [0.4, 0.5) is 0 Å². The lowest BCUT2D eigenvalue weighted by Gasteiger charge is -2.39. The molecule has 0 radical (unpaired) electrons. The molecule has 0 fully saturated rings. The summed E-state index contributed by atoms with van der Waals surface area (Å²) in [7, 11) is -3.26. The zero-order chi connectivity index (χ0) is 13.4. The van der Waals surface area contributed by atoms with E-state index in [2.05, 4.69) is 0 Å². The predicted molar refractivity (Wildman–Crippen MR) is 69.8 cm³/mol. The Morgan fingerprint density at radius 3 is 2.72 bits per heavy atom. The average molecular weight is 269 g/mol. The Balaban J connectivity index is 2.61. The van der Waals surface area contributed by atoms with Gasteiger partial charge < -0.3 is 10.8 Å². The zero-order valence-corrected chi connectivity index (χ0v) is 11.3. The molecule has 2 rings (SSSR count). The predicted octanol–water partition coefficient (Wildman–Crippen LogP) is 1.04. The number of fused-ring (bicyclic) bond motifs is 1. The molecule has 0 aromatic heterocycles. The Bertz CT molecular complexity index is 537. The number of hydrogen-bond acceptors (Lipinski definition) is 4. The fourth-order valence-corrected chi connectivity index (χ4v) is 4.42. The SMILES string of the molecule is CCC(CN)C1(O)CCS(=O)(=O)c2ccccc21. The van der Waals surface area contributed by atoms with Crippen molar-refractivity contribution in [2.75, 3.05) is 12.3 Å². The molecule has 2 atom stereocenters. The van der Waals surface area contributed by atoms with Crippen molar-refractivity contribution in [1.29, 1.82) is 0 Å². The van der Waals surface area contributed by atoms with E-state index in [9.17, 15) is 13.5 Å². The molecule has 0 spiro atoms.